The average molecular weight is 181 g/mol. The SMILES string of the molecule is ClC1C=CCC1Br. The molecule has 0 radical (unpaired) electrons. The van der Waals surface area contributed by atoms with Crippen LogP contribution in [0.2, 0.25) is 0 Å². The van der Waals surface area contributed by atoms with Gasteiger partial charge in [-0.1, -0.05) is 28.1 Å². The molecule has 2 unspecified atom stereocenters. The van der Waals surface area contributed by atoms with Crippen molar-refractivity contribution >= 4 is 27.5 Å². The van der Waals surface area contributed by atoms with Crippen LogP contribution >= 0.6 is 27.5 Å². The minimum Gasteiger partial charge on any atom is -0.117 e. The summed E-state index contributed by atoms with van der Waals surface area (Å²) in [7, 11) is 0. The molecule has 1 aliphatic carbocycles. The normalized spacial score (nSPS) is 39.7. The third-order valence-electron chi connectivity index (χ3n) is 1.03. The zero-order chi connectivity index (χ0) is 5.28. The highest BCUT2D eigenvalue weighted by Crippen LogP contribution is 2.23. The van der Waals surface area contributed by atoms with Crippen molar-refractivity contribution in [2.75, 3.05) is 0 Å². The van der Waals surface area contributed by atoms with Gasteiger partial charge in [0.15, 0.2) is 0 Å². The van der Waals surface area contributed by atoms with Crippen molar-refractivity contribution in [3.05, 3.63) is 12.2 Å². The number of alkyl halides is 2. The average Bonchev–Trinajstić information content (AvgIpc) is 1.91. The maximum atomic E-state index is 5.73. The van der Waals surface area contributed by atoms with Crippen molar-refractivity contribution in [1.82, 2.24) is 0 Å². The fraction of sp³-hybridized carbons (Fsp3) is 0.600. The van der Waals surface area contributed by atoms with E-state index in [1.165, 1.54) is 0 Å². The van der Waals surface area contributed by atoms with Crippen LogP contribution in [0.5, 0.6) is 0 Å². The summed E-state index contributed by atoms with van der Waals surface area (Å²) in [5.74, 6) is 0. The molecule has 40 valence electrons. The fourth-order valence-corrected chi connectivity index (χ4v) is 1.19. The van der Waals surface area contributed by atoms with Gasteiger partial charge in [-0.3, -0.25) is 0 Å². The molecule has 0 saturated heterocycles. The molecule has 0 spiro atoms. The molecule has 0 fully saturated rings. The second-order valence-corrected chi connectivity index (χ2v) is 3.30. The summed E-state index contributed by atoms with van der Waals surface area (Å²) in [4.78, 5) is 0.481. The summed E-state index contributed by atoms with van der Waals surface area (Å²) in [5, 5.41) is 0.222. The molecular formula is C5H6BrCl. The Morgan fingerprint density at radius 3 is 2.57 bits per heavy atom. The van der Waals surface area contributed by atoms with E-state index < -0.39 is 0 Å². The van der Waals surface area contributed by atoms with Crippen LogP contribution in [0.3, 0.4) is 0 Å². The summed E-state index contributed by atoms with van der Waals surface area (Å²) in [6.45, 7) is 0. The summed E-state index contributed by atoms with van der Waals surface area (Å²) in [5.41, 5.74) is 0. The van der Waals surface area contributed by atoms with Crippen molar-refractivity contribution < 1.29 is 0 Å². The van der Waals surface area contributed by atoms with Gasteiger partial charge in [0.2, 0.25) is 0 Å². The zero-order valence-corrected chi connectivity index (χ0v) is 6.11. The Kier molecular flexibility index (Phi) is 1.76. The van der Waals surface area contributed by atoms with Crippen LogP contribution in [0.15, 0.2) is 12.2 Å². The minimum absolute atomic E-state index is 0.222. The number of hydrogen-bond donors (Lipinski definition) is 0. The molecule has 0 bridgehead atoms. The van der Waals surface area contributed by atoms with Gasteiger partial charge in [0, 0.05) is 4.83 Å². The van der Waals surface area contributed by atoms with Crippen molar-refractivity contribution in [3.63, 3.8) is 0 Å². The molecule has 0 aromatic rings. The van der Waals surface area contributed by atoms with E-state index in [2.05, 4.69) is 22.0 Å². The summed E-state index contributed by atoms with van der Waals surface area (Å²) in [6.07, 6.45) is 5.19. The van der Waals surface area contributed by atoms with E-state index in [1.54, 1.807) is 0 Å². The summed E-state index contributed by atoms with van der Waals surface area (Å²) in [6, 6.07) is 0. The van der Waals surface area contributed by atoms with Crippen molar-refractivity contribution in [2.45, 2.75) is 16.6 Å². The van der Waals surface area contributed by atoms with Crippen LogP contribution in [0.25, 0.3) is 0 Å². The number of allylic oxidation sites excluding steroid dienone is 2. The lowest BCUT2D eigenvalue weighted by Crippen LogP contribution is -2.03. The molecule has 0 aromatic carbocycles. The van der Waals surface area contributed by atoms with Gasteiger partial charge in [0.1, 0.15) is 0 Å². The van der Waals surface area contributed by atoms with Gasteiger partial charge in [0.05, 0.1) is 5.38 Å². The van der Waals surface area contributed by atoms with Crippen LogP contribution in [0, 0.1) is 0 Å². The second kappa shape index (κ2) is 2.19. The Morgan fingerprint density at radius 2 is 2.43 bits per heavy atom. The van der Waals surface area contributed by atoms with Crippen molar-refractivity contribution in [1.29, 1.82) is 0 Å². The van der Waals surface area contributed by atoms with Gasteiger partial charge in [-0.2, -0.15) is 0 Å². The predicted molar refractivity (Wildman–Crippen MR) is 36.1 cm³/mol. The molecule has 0 nitrogen and oxygen atoms in total. The number of hydrogen-bond acceptors (Lipinski definition) is 0. The third-order valence-corrected chi connectivity index (χ3v) is 2.72. The summed E-state index contributed by atoms with van der Waals surface area (Å²) >= 11 is 9.14. The van der Waals surface area contributed by atoms with Crippen LogP contribution in [-0.4, -0.2) is 10.2 Å². The van der Waals surface area contributed by atoms with Crippen LogP contribution in [0.1, 0.15) is 6.42 Å². The Labute approximate surface area is 56.7 Å². The van der Waals surface area contributed by atoms with E-state index in [1.807, 2.05) is 6.08 Å². The van der Waals surface area contributed by atoms with Gasteiger partial charge < -0.3 is 0 Å². The van der Waals surface area contributed by atoms with Gasteiger partial charge in [-0.25, -0.2) is 0 Å². The highest BCUT2D eigenvalue weighted by atomic mass is 79.9. The van der Waals surface area contributed by atoms with Gasteiger partial charge in [-0.15, -0.1) is 11.6 Å². The first kappa shape index (κ1) is 5.64. The van der Waals surface area contributed by atoms with Crippen LogP contribution < -0.4 is 0 Å². The number of halogens is 2. The van der Waals surface area contributed by atoms with E-state index in [0.29, 0.717) is 4.83 Å². The lowest BCUT2D eigenvalue weighted by atomic mass is 10.4. The lowest BCUT2D eigenvalue weighted by molar-refractivity contribution is 0.978. The zero-order valence-electron chi connectivity index (χ0n) is 3.77. The highest BCUT2D eigenvalue weighted by molar-refractivity contribution is 9.09. The van der Waals surface area contributed by atoms with E-state index in [9.17, 15) is 0 Å². The second-order valence-electron chi connectivity index (χ2n) is 1.62. The molecule has 0 aliphatic heterocycles. The van der Waals surface area contributed by atoms with Crippen LogP contribution in [0.4, 0.5) is 0 Å². The fourth-order valence-electron chi connectivity index (χ4n) is 0.589. The van der Waals surface area contributed by atoms with Crippen LogP contribution in [-0.2, 0) is 0 Å². The summed E-state index contributed by atoms with van der Waals surface area (Å²) < 4.78 is 0. The molecule has 0 N–H and O–H groups in total. The molecule has 0 saturated carbocycles. The first-order valence-corrected chi connectivity index (χ1v) is 3.61. The standard InChI is InChI=1S/C5H6BrCl/c6-4-2-1-3-5(4)7/h1,3-5H,2H2. The van der Waals surface area contributed by atoms with Gasteiger partial charge >= 0.3 is 0 Å². The molecule has 7 heavy (non-hydrogen) atoms. The van der Waals surface area contributed by atoms with Crippen molar-refractivity contribution in [3.8, 4) is 0 Å². The maximum absolute atomic E-state index is 5.73. The van der Waals surface area contributed by atoms with E-state index in [4.69, 9.17) is 11.6 Å². The predicted octanol–water partition coefficient (Wildman–Crippen LogP) is 2.32. The minimum atomic E-state index is 0.222. The topological polar surface area (TPSA) is 0 Å². The first-order chi connectivity index (χ1) is 3.30. The Bertz CT molecular complexity index is 90.1. The molecule has 1 aliphatic rings. The monoisotopic (exact) mass is 180 g/mol. The molecule has 0 amide bonds. The lowest BCUT2D eigenvalue weighted by Gasteiger charge is -2.00. The Hall–Kier alpha value is 0.510. The molecule has 0 aromatic heterocycles. The van der Waals surface area contributed by atoms with E-state index in [-0.39, 0.29) is 5.38 Å². The highest BCUT2D eigenvalue weighted by Gasteiger charge is 2.15. The quantitative estimate of drug-likeness (QED) is 0.397. The molecule has 0 heterocycles. The largest absolute Gasteiger partial charge is 0.117 e. The first-order valence-electron chi connectivity index (χ1n) is 2.25. The third kappa shape index (κ3) is 1.20. The van der Waals surface area contributed by atoms with Gasteiger partial charge in [-0.05, 0) is 6.42 Å². The maximum Gasteiger partial charge on any atom is 0.0644 e. The molecular weight excluding hydrogens is 175 g/mol. The number of rotatable bonds is 0. The molecule has 2 heteroatoms. The molecule has 2 atom stereocenters. The Balaban J connectivity index is 2.45. The smallest absolute Gasteiger partial charge is 0.0644 e. The van der Waals surface area contributed by atoms with E-state index in [0.717, 1.165) is 6.42 Å². The van der Waals surface area contributed by atoms with E-state index >= 15 is 0 Å². The Morgan fingerprint density at radius 1 is 1.71 bits per heavy atom. The molecule has 1 rings (SSSR count). The van der Waals surface area contributed by atoms with Crippen molar-refractivity contribution in [2.24, 2.45) is 0 Å². The van der Waals surface area contributed by atoms with Gasteiger partial charge in [0.25, 0.3) is 0 Å².